The Hall–Kier alpha value is -1.69. The number of aryl methyl sites for hydroxylation is 1. The molecule has 1 aromatic rings. The molecule has 0 radical (unpaired) electrons. The Balaban J connectivity index is 3.31. The molecular formula is C9H10N2O. The minimum absolute atomic E-state index is 0.437. The standard InChI is InChI=1S/C9H10N2O/c1-4-7-9(10)6(2)5-8(11-7)12-3/h1,5H,10H2,2-3H3. The minimum Gasteiger partial charge on any atom is -0.481 e. The Kier molecular flexibility index (Phi) is 2.20. The van der Waals surface area contributed by atoms with Crippen molar-refractivity contribution >= 4 is 5.69 Å². The number of hydrogen-bond acceptors (Lipinski definition) is 3. The summed E-state index contributed by atoms with van der Waals surface area (Å²) in [7, 11) is 1.54. The van der Waals surface area contributed by atoms with Gasteiger partial charge in [-0.05, 0) is 18.4 Å². The molecule has 0 amide bonds. The van der Waals surface area contributed by atoms with Gasteiger partial charge in [0.2, 0.25) is 5.88 Å². The number of aromatic nitrogens is 1. The summed E-state index contributed by atoms with van der Waals surface area (Å²) in [6.45, 7) is 1.86. The van der Waals surface area contributed by atoms with Crippen LogP contribution in [0.15, 0.2) is 6.07 Å². The highest BCUT2D eigenvalue weighted by Crippen LogP contribution is 2.18. The second kappa shape index (κ2) is 3.14. The van der Waals surface area contributed by atoms with Gasteiger partial charge in [-0.15, -0.1) is 6.42 Å². The second-order valence-electron chi connectivity index (χ2n) is 2.39. The number of pyridine rings is 1. The molecule has 1 rings (SSSR count). The zero-order valence-corrected chi connectivity index (χ0v) is 7.09. The maximum absolute atomic E-state index is 5.66. The van der Waals surface area contributed by atoms with Crippen LogP contribution in [0.5, 0.6) is 5.88 Å². The van der Waals surface area contributed by atoms with Crippen molar-refractivity contribution < 1.29 is 4.74 Å². The fourth-order valence-electron chi connectivity index (χ4n) is 0.867. The average Bonchev–Trinajstić information content (AvgIpc) is 2.09. The highest BCUT2D eigenvalue weighted by atomic mass is 16.5. The van der Waals surface area contributed by atoms with Gasteiger partial charge in [-0.25, -0.2) is 4.98 Å². The fourth-order valence-corrected chi connectivity index (χ4v) is 0.867. The molecule has 0 unspecified atom stereocenters. The number of methoxy groups -OCH3 is 1. The number of ether oxygens (including phenoxy) is 1. The summed E-state index contributed by atoms with van der Waals surface area (Å²) in [6.07, 6.45) is 5.20. The maximum Gasteiger partial charge on any atom is 0.214 e. The van der Waals surface area contributed by atoms with Crippen molar-refractivity contribution in [1.82, 2.24) is 4.98 Å². The molecule has 0 aromatic carbocycles. The molecule has 0 aliphatic carbocycles. The summed E-state index contributed by atoms with van der Waals surface area (Å²) in [5.74, 6) is 2.89. The molecule has 62 valence electrons. The smallest absolute Gasteiger partial charge is 0.214 e. The quantitative estimate of drug-likeness (QED) is 0.626. The third-order valence-corrected chi connectivity index (χ3v) is 1.59. The lowest BCUT2D eigenvalue weighted by atomic mass is 10.2. The van der Waals surface area contributed by atoms with Crippen molar-refractivity contribution in [3.05, 3.63) is 17.3 Å². The van der Waals surface area contributed by atoms with Crippen molar-refractivity contribution in [2.24, 2.45) is 0 Å². The van der Waals surface area contributed by atoms with Crippen molar-refractivity contribution in [3.63, 3.8) is 0 Å². The lowest BCUT2D eigenvalue weighted by molar-refractivity contribution is 0.397. The fraction of sp³-hybridized carbons (Fsp3) is 0.222. The Morgan fingerprint density at radius 2 is 2.33 bits per heavy atom. The lowest BCUT2D eigenvalue weighted by Gasteiger charge is -2.04. The van der Waals surface area contributed by atoms with Gasteiger partial charge in [0, 0.05) is 6.07 Å². The number of nitrogens with two attached hydrogens (primary N) is 1. The third-order valence-electron chi connectivity index (χ3n) is 1.59. The maximum atomic E-state index is 5.66. The normalized spacial score (nSPS) is 9.08. The van der Waals surface area contributed by atoms with E-state index in [1.807, 2.05) is 6.92 Å². The molecule has 0 bridgehead atoms. The molecule has 3 heteroatoms. The first-order valence-corrected chi connectivity index (χ1v) is 3.46. The van der Waals surface area contributed by atoms with Crippen LogP contribution in [0, 0.1) is 19.3 Å². The molecule has 0 spiro atoms. The summed E-state index contributed by atoms with van der Waals surface area (Å²) in [6, 6.07) is 1.75. The van der Waals surface area contributed by atoms with E-state index in [1.54, 1.807) is 6.07 Å². The van der Waals surface area contributed by atoms with Crippen LogP contribution in [-0.2, 0) is 0 Å². The SMILES string of the molecule is C#Cc1nc(OC)cc(C)c1N. The number of nitrogen functional groups attached to an aromatic ring is 1. The molecule has 1 aromatic heterocycles. The van der Waals surface area contributed by atoms with Crippen LogP contribution in [0.3, 0.4) is 0 Å². The predicted octanol–water partition coefficient (Wildman–Crippen LogP) is 0.962. The monoisotopic (exact) mass is 162 g/mol. The van der Waals surface area contributed by atoms with Gasteiger partial charge in [-0.3, -0.25) is 0 Å². The zero-order chi connectivity index (χ0) is 9.14. The Labute approximate surface area is 71.6 Å². The molecule has 0 aliphatic heterocycles. The molecule has 12 heavy (non-hydrogen) atoms. The highest BCUT2D eigenvalue weighted by molar-refractivity contribution is 5.57. The van der Waals surface area contributed by atoms with Gasteiger partial charge >= 0.3 is 0 Å². The van der Waals surface area contributed by atoms with E-state index in [0.717, 1.165) is 5.56 Å². The van der Waals surface area contributed by atoms with E-state index in [2.05, 4.69) is 10.9 Å². The summed E-state index contributed by atoms with van der Waals surface area (Å²) < 4.78 is 4.93. The van der Waals surface area contributed by atoms with Crippen LogP contribution in [0.4, 0.5) is 5.69 Å². The number of hydrogen-bond donors (Lipinski definition) is 1. The lowest BCUT2D eigenvalue weighted by Crippen LogP contribution is -1.99. The average molecular weight is 162 g/mol. The molecule has 0 saturated heterocycles. The first-order chi connectivity index (χ1) is 5.69. The van der Waals surface area contributed by atoms with Crippen LogP contribution < -0.4 is 10.5 Å². The van der Waals surface area contributed by atoms with Crippen LogP contribution >= 0.6 is 0 Å². The first kappa shape index (κ1) is 8.41. The largest absolute Gasteiger partial charge is 0.481 e. The van der Waals surface area contributed by atoms with Gasteiger partial charge < -0.3 is 10.5 Å². The Bertz CT molecular complexity index is 339. The molecule has 0 fully saturated rings. The summed E-state index contributed by atoms with van der Waals surface area (Å²) >= 11 is 0. The first-order valence-electron chi connectivity index (χ1n) is 3.46. The van der Waals surface area contributed by atoms with Gasteiger partial charge in [0.05, 0.1) is 12.8 Å². The number of terminal acetylenes is 1. The van der Waals surface area contributed by atoms with E-state index in [4.69, 9.17) is 16.9 Å². The molecule has 0 saturated carbocycles. The number of rotatable bonds is 1. The molecule has 0 aliphatic rings. The van der Waals surface area contributed by atoms with Gasteiger partial charge in [-0.1, -0.05) is 0 Å². The van der Waals surface area contributed by atoms with Crippen LogP contribution in [0.25, 0.3) is 0 Å². The van der Waals surface area contributed by atoms with E-state index >= 15 is 0 Å². The summed E-state index contributed by atoms with van der Waals surface area (Å²) in [5, 5.41) is 0. The molecular weight excluding hydrogens is 152 g/mol. The van der Waals surface area contributed by atoms with Crippen molar-refractivity contribution in [1.29, 1.82) is 0 Å². The van der Waals surface area contributed by atoms with Crippen molar-refractivity contribution in [3.8, 4) is 18.2 Å². The van der Waals surface area contributed by atoms with E-state index in [9.17, 15) is 0 Å². The number of anilines is 1. The van der Waals surface area contributed by atoms with Crippen LogP contribution in [0.2, 0.25) is 0 Å². The third kappa shape index (κ3) is 1.32. The Morgan fingerprint density at radius 3 is 2.83 bits per heavy atom. The molecule has 3 nitrogen and oxygen atoms in total. The minimum atomic E-state index is 0.437. The second-order valence-corrected chi connectivity index (χ2v) is 2.39. The summed E-state index contributed by atoms with van der Waals surface area (Å²) in [5.41, 5.74) is 7.52. The van der Waals surface area contributed by atoms with E-state index < -0.39 is 0 Å². The van der Waals surface area contributed by atoms with E-state index in [-0.39, 0.29) is 0 Å². The highest BCUT2D eigenvalue weighted by Gasteiger charge is 2.04. The van der Waals surface area contributed by atoms with Crippen LogP contribution in [0.1, 0.15) is 11.3 Å². The van der Waals surface area contributed by atoms with Gasteiger partial charge in [-0.2, -0.15) is 0 Å². The Morgan fingerprint density at radius 1 is 1.67 bits per heavy atom. The molecule has 0 atom stereocenters. The molecule has 1 heterocycles. The van der Waals surface area contributed by atoms with Gasteiger partial charge in [0.15, 0.2) is 0 Å². The van der Waals surface area contributed by atoms with E-state index in [0.29, 0.717) is 17.3 Å². The van der Waals surface area contributed by atoms with Crippen LogP contribution in [-0.4, -0.2) is 12.1 Å². The zero-order valence-electron chi connectivity index (χ0n) is 7.09. The van der Waals surface area contributed by atoms with Gasteiger partial charge in [0.1, 0.15) is 5.69 Å². The van der Waals surface area contributed by atoms with E-state index in [1.165, 1.54) is 7.11 Å². The molecule has 2 N–H and O–H groups in total. The van der Waals surface area contributed by atoms with Crippen molar-refractivity contribution in [2.45, 2.75) is 6.92 Å². The summed E-state index contributed by atoms with van der Waals surface area (Å²) in [4.78, 5) is 3.99. The van der Waals surface area contributed by atoms with Gasteiger partial charge in [0.25, 0.3) is 0 Å². The predicted molar refractivity (Wildman–Crippen MR) is 47.9 cm³/mol. The topological polar surface area (TPSA) is 48.1 Å². The number of nitrogens with zero attached hydrogens (tertiary/aromatic N) is 1. The van der Waals surface area contributed by atoms with Crippen molar-refractivity contribution in [2.75, 3.05) is 12.8 Å².